The van der Waals surface area contributed by atoms with Gasteiger partial charge in [-0.25, -0.2) is 9.59 Å². The van der Waals surface area contributed by atoms with E-state index in [1.807, 2.05) is 0 Å². The van der Waals surface area contributed by atoms with Gasteiger partial charge in [-0.1, -0.05) is 12.8 Å². The van der Waals surface area contributed by atoms with Crippen LogP contribution in [0, 0.1) is 0 Å². The summed E-state index contributed by atoms with van der Waals surface area (Å²) in [6.45, 7) is 0.236. The Morgan fingerprint density at radius 1 is 1.18 bits per heavy atom. The summed E-state index contributed by atoms with van der Waals surface area (Å²) in [4.78, 5) is 24.3. The Bertz CT molecular complexity index is 342. The first-order chi connectivity index (χ1) is 8.24. The third-order valence-corrected chi connectivity index (χ3v) is 3.51. The smallest absolute Gasteiger partial charge is 0.322 e. The molecule has 2 aliphatic heterocycles. The minimum Gasteiger partial charge on any atom is -0.358 e. The lowest BCUT2D eigenvalue weighted by atomic mass is 10.3. The van der Waals surface area contributed by atoms with Crippen molar-refractivity contribution in [2.75, 3.05) is 6.73 Å². The number of amides is 4. The predicted octanol–water partition coefficient (Wildman–Crippen LogP) is -0.107. The van der Waals surface area contributed by atoms with E-state index >= 15 is 0 Å². The molecule has 0 spiro atoms. The molecule has 7 heteroatoms. The number of rotatable bonds is 3. The van der Waals surface area contributed by atoms with E-state index in [1.165, 1.54) is 17.7 Å². The molecule has 2 atom stereocenters. The van der Waals surface area contributed by atoms with Crippen LogP contribution in [0.3, 0.4) is 0 Å². The summed E-state index contributed by atoms with van der Waals surface area (Å²) in [6, 6.07) is -0.462. The molecule has 17 heavy (non-hydrogen) atoms. The lowest BCUT2D eigenvalue weighted by molar-refractivity contribution is -0.0109. The quantitative estimate of drug-likeness (QED) is 0.644. The number of hydrogen-bond donors (Lipinski definition) is 3. The summed E-state index contributed by atoms with van der Waals surface area (Å²) in [7, 11) is 0. The van der Waals surface area contributed by atoms with Crippen molar-refractivity contribution < 1.29 is 14.3 Å². The lowest BCUT2D eigenvalue weighted by Gasteiger charge is -2.22. The SMILES string of the molecule is O=C1NC2NC(=O)N(COC3CCCC3)C2N1. The average Bonchev–Trinajstić information content (AvgIpc) is 2.93. The molecule has 1 aliphatic carbocycles. The summed E-state index contributed by atoms with van der Waals surface area (Å²) in [6.07, 6.45) is 4.09. The zero-order valence-corrected chi connectivity index (χ0v) is 9.44. The molecule has 3 rings (SSSR count). The summed E-state index contributed by atoms with van der Waals surface area (Å²) >= 11 is 0. The Labute approximate surface area is 98.9 Å². The van der Waals surface area contributed by atoms with Gasteiger partial charge in [0, 0.05) is 0 Å². The number of fused-ring (bicyclic) bond motifs is 1. The highest BCUT2D eigenvalue weighted by Crippen LogP contribution is 2.22. The number of hydrogen-bond acceptors (Lipinski definition) is 3. The molecule has 2 unspecified atom stereocenters. The van der Waals surface area contributed by atoms with Crippen LogP contribution in [0.2, 0.25) is 0 Å². The van der Waals surface area contributed by atoms with Crippen LogP contribution in [0.15, 0.2) is 0 Å². The van der Waals surface area contributed by atoms with Crippen molar-refractivity contribution in [1.82, 2.24) is 20.9 Å². The Morgan fingerprint density at radius 3 is 2.71 bits per heavy atom. The van der Waals surface area contributed by atoms with Crippen LogP contribution >= 0.6 is 0 Å². The average molecular weight is 240 g/mol. The van der Waals surface area contributed by atoms with E-state index in [-0.39, 0.29) is 37.2 Å². The first kappa shape index (κ1) is 10.6. The zero-order chi connectivity index (χ0) is 11.8. The van der Waals surface area contributed by atoms with Gasteiger partial charge in [0.2, 0.25) is 0 Å². The predicted molar refractivity (Wildman–Crippen MR) is 57.8 cm³/mol. The molecular weight excluding hydrogens is 224 g/mol. The molecule has 1 saturated carbocycles. The minimum atomic E-state index is -0.345. The number of nitrogens with one attached hydrogen (secondary N) is 3. The molecule has 3 N–H and O–H groups in total. The highest BCUT2D eigenvalue weighted by atomic mass is 16.5. The third-order valence-electron chi connectivity index (χ3n) is 3.51. The highest BCUT2D eigenvalue weighted by molar-refractivity contribution is 5.84. The number of carbonyl (C=O) groups is 2. The molecule has 0 radical (unpaired) electrons. The van der Waals surface area contributed by atoms with Gasteiger partial charge in [-0.3, -0.25) is 4.90 Å². The van der Waals surface area contributed by atoms with E-state index in [0.29, 0.717) is 0 Å². The fraction of sp³-hybridized carbons (Fsp3) is 0.800. The molecular formula is C10H16N4O3. The van der Waals surface area contributed by atoms with Crippen molar-refractivity contribution in [3.8, 4) is 0 Å². The monoisotopic (exact) mass is 240 g/mol. The van der Waals surface area contributed by atoms with Gasteiger partial charge in [-0.15, -0.1) is 0 Å². The summed E-state index contributed by atoms with van der Waals surface area (Å²) in [5, 5.41) is 7.99. The van der Waals surface area contributed by atoms with Crippen LogP contribution in [-0.2, 0) is 4.74 Å². The van der Waals surface area contributed by atoms with Gasteiger partial charge in [-0.2, -0.15) is 0 Å². The minimum absolute atomic E-state index is 0.203. The van der Waals surface area contributed by atoms with Crippen molar-refractivity contribution in [2.24, 2.45) is 0 Å². The van der Waals surface area contributed by atoms with Crippen molar-refractivity contribution in [2.45, 2.75) is 44.1 Å². The van der Waals surface area contributed by atoms with E-state index < -0.39 is 0 Å². The molecule has 0 aromatic carbocycles. The molecule has 94 valence electrons. The Hall–Kier alpha value is -1.50. The molecule has 2 saturated heterocycles. The summed E-state index contributed by atoms with van der Waals surface area (Å²) < 4.78 is 5.69. The van der Waals surface area contributed by atoms with E-state index in [4.69, 9.17) is 4.74 Å². The van der Waals surface area contributed by atoms with Crippen molar-refractivity contribution in [3.05, 3.63) is 0 Å². The zero-order valence-electron chi connectivity index (χ0n) is 9.44. The first-order valence-electron chi connectivity index (χ1n) is 6.00. The lowest BCUT2D eigenvalue weighted by Crippen LogP contribution is -2.45. The number of nitrogens with zero attached hydrogens (tertiary/aromatic N) is 1. The molecule has 0 aromatic heterocycles. The fourth-order valence-corrected chi connectivity index (χ4v) is 2.57. The topological polar surface area (TPSA) is 82.7 Å². The molecule has 4 amide bonds. The van der Waals surface area contributed by atoms with Crippen LogP contribution in [0.1, 0.15) is 25.7 Å². The van der Waals surface area contributed by atoms with Crippen molar-refractivity contribution in [1.29, 1.82) is 0 Å². The Kier molecular flexibility index (Phi) is 2.54. The number of urea groups is 2. The van der Waals surface area contributed by atoms with Gasteiger partial charge in [-0.05, 0) is 12.8 Å². The molecule has 3 aliphatic rings. The molecule has 3 fully saturated rings. The summed E-state index contributed by atoms with van der Waals surface area (Å²) in [5.74, 6) is 0. The van der Waals surface area contributed by atoms with E-state index in [9.17, 15) is 9.59 Å². The Morgan fingerprint density at radius 2 is 1.94 bits per heavy atom. The van der Waals surface area contributed by atoms with E-state index in [2.05, 4.69) is 16.0 Å². The molecule has 2 heterocycles. The van der Waals surface area contributed by atoms with Crippen molar-refractivity contribution >= 4 is 12.1 Å². The van der Waals surface area contributed by atoms with Gasteiger partial charge in [0.25, 0.3) is 0 Å². The standard InChI is InChI=1S/C10H16N4O3/c15-9-11-7-8(13-9)14(10(16)12-7)5-17-6-3-1-2-4-6/h6-8H,1-5H2,(H,12,16)(H2,11,13,15). The first-order valence-corrected chi connectivity index (χ1v) is 6.00. The second-order valence-electron chi connectivity index (χ2n) is 4.66. The normalized spacial score (nSPS) is 32.4. The number of ether oxygens (including phenoxy) is 1. The van der Waals surface area contributed by atoms with E-state index in [0.717, 1.165) is 12.8 Å². The number of carbonyl (C=O) groups excluding carboxylic acids is 2. The van der Waals surface area contributed by atoms with Gasteiger partial charge in [0.15, 0.2) is 0 Å². The van der Waals surface area contributed by atoms with Crippen LogP contribution in [0.4, 0.5) is 9.59 Å². The second kappa shape index (κ2) is 4.06. The van der Waals surface area contributed by atoms with Crippen LogP contribution in [-0.4, -0.2) is 42.1 Å². The third kappa shape index (κ3) is 1.90. The molecule has 0 aromatic rings. The Balaban J connectivity index is 1.57. The molecule has 0 bridgehead atoms. The van der Waals surface area contributed by atoms with Gasteiger partial charge >= 0.3 is 12.1 Å². The largest absolute Gasteiger partial charge is 0.358 e. The van der Waals surface area contributed by atoms with Gasteiger partial charge in [0.1, 0.15) is 19.1 Å². The van der Waals surface area contributed by atoms with E-state index in [1.54, 1.807) is 0 Å². The van der Waals surface area contributed by atoms with Gasteiger partial charge in [0.05, 0.1) is 6.10 Å². The van der Waals surface area contributed by atoms with Crippen molar-refractivity contribution in [3.63, 3.8) is 0 Å². The van der Waals surface area contributed by atoms with Gasteiger partial charge < -0.3 is 20.7 Å². The maximum absolute atomic E-state index is 11.6. The van der Waals surface area contributed by atoms with Crippen LogP contribution in [0.5, 0.6) is 0 Å². The molecule has 7 nitrogen and oxygen atoms in total. The highest BCUT2D eigenvalue weighted by Gasteiger charge is 2.45. The van der Waals surface area contributed by atoms with Crippen LogP contribution < -0.4 is 16.0 Å². The summed E-state index contributed by atoms with van der Waals surface area (Å²) in [5.41, 5.74) is 0. The fourth-order valence-electron chi connectivity index (χ4n) is 2.57. The van der Waals surface area contributed by atoms with Crippen LogP contribution in [0.25, 0.3) is 0 Å². The maximum Gasteiger partial charge on any atom is 0.322 e. The maximum atomic E-state index is 11.6. The second-order valence-corrected chi connectivity index (χ2v) is 4.66.